The van der Waals surface area contributed by atoms with Gasteiger partial charge in [-0.05, 0) is 24.5 Å². The lowest BCUT2D eigenvalue weighted by atomic mass is 10.0. The van der Waals surface area contributed by atoms with Crippen molar-refractivity contribution in [3.63, 3.8) is 0 Å². The zero-order valence-corrected chi connectivity index (χ0v) is 11.1. The average Bonchev–Trinajstić information content (AvgIpc) is 3.20. The summed E-state index contributed by atoms with van der Waals surface area (Å²) >= 11 is 0. The van der Waals surface area contributed by atoms with Crippen molar-refractivity contribution in [1.82, 2.24) is 5.32 Å². The van der Waals surface area contributed by atoms with Crippen LogP contribution in [0.1, 0.15) is 18.4 Å². The molecule has 21 heavy (non-hydrogen) atoms. The van der Waals surface area contributed by atoms with Crippen LogP contribution >= 0.6 is 0 Å². The van der Waals surface area contributed by atoms with Gasteiger partial charge in [0.2, 0.25) is 0 Å². The lowest BCUT2D eigenvalue weighted by Crippen LogP contribution is -2.16. The topological polar surface area (TPSA) is 12.0 Å². The molecule has 0 atom stereocenters. The van der Waals surface area contributed by atoms with Crippen LogP contribution in [-0.2, 0) is 6.54 Å². The lowest BCUT2D eigenvalue weighted by Gasteiger charge is -2.09. The first kappa shape index (κ1) is 14.1. The lowest BCUT2D eigenvalue weighted by molar-refractivity contribution is 0.547. The monoisotopic (exact) mass is 295 g/mol. The van der Waals surface area contributed by atoms with Crippen molar-refractivity contribution >= 4 is 0 Å². The fourth-order valence-corrected chi connectivity index (χ4v) is 2.21. The summed E-state index contributed by atoms with van der Waals surface area (Å²) in [6.45, 7) is 0.380. The Kier molecular flexibility index (Phi) is 3.68. The van der Waals surface area contributed by atoms with Crippen molar-refractivity contribution in [1.29, 1.82) is 0 Å². The molecule has 1 aliphatic rings. The molecule has 0 heterocycles. The van der Waals surface area contributed by atoms with Crippen molar-refractivity contribution in [2.24, 2.45) is 0 Å². The van der Waals surface area contributed by atoms with E-state index >= 15 is 0 Å². The van der Waals surface area contributed by atoms with Crippen LogP contribution in [0.4, 0.5) is 17.6 Å². The molecule has 3 rings (SSSR count). The fourth-order valence-electron chi connectivity index (χ4n) is 2.21. The molecule has 2 aromatic rings. The molecule has 0 aliphatic heterocycles. The van der Waals surface area contributed by atoms with Crippen LogP contribution in [0.3, 0.4) is 0 Å². The second kappa shape index (κ2) is 5.48. The number of nitrogens with one attached hydrogen (secondary N) is 1. The van der Waals surface area contributed by atoms with Gasteiger partial charge < -0.3 is 5.32 Å². The van der Waals surface area contributed by atoms with Crippen LogP contribution in [0.5, 0.6) is 0 Å². The first-order valence-corrected chi connectivity index (χ1v) is 6.71. The highest BCUT2D eigenvalue weighted by atomic mass is 19.1. The molecule has 1 fully saturated rings. The molecular weight excluding hydrogens is 282 g/mol. The minimum atomic E-state index is -1.05. The standard InChI is InChI=1S/C16H13F4N/c17-11-6-14(19)16(15(20)7-11)9-1-2-10(13(18)5-9)8-21-12-3-4-12/h1-2,5-7,12,21H,3-4,8H2. The van der Waals surface area contributed by atoms with Gasteiger partial charge in [-0.2, -0.15) is 0 Å². The Labute approximate surface area is 119 Å². The van der Waals surface area contributed by atoms with Gasteiger partial charge in [-0.3, -0.25) is 0 Å². The van der Waals surface area contributed by atoms with E-state index in [2.05, 4.69) is 5.32 Å². The average molecular weight is 295 g/mol. The molecule has 0 unspecified atom stereocenters. The normalized spacial score (nSPS) is 14.5. The number of hydrogen-bond donors (Lipinski definition) is 1. The Morgan fingerprint density at radius 2 is 1.57 bits per heavy atom. The van der Waals surface area contributed by atoms with Crippen molar-refractivity contribution in [2.45, 2.75) is 25.4 Å². The summed E-state index contributed by atoms with van der Waals surface area (Å²) in [5.41, 5.74) is 0.0725. The molecule has 0 amide bonds. The molecule has 0 spiro atoms. The van der Waals surface area contributed by atoms with Gasteiger partial charge in [0.1, 0.15) is 23.3 Å². The third-order valence-corrected chi connectivity index (χ3v) is 3.51. The maximum absolute atomic E-state index is 14.0. The third kappa shape index (κ3) is 3.08. The summed E-state index contributed by atoms with van der Waals surface area (Å²) in [5.74, 6) is -3.63. The zero-order valence-electron chi connectivity index (χ0n) is 11.1. The molecule has 5 heteroatoms. The first-order valence-electron chi connectivity index (χ1n) is 6.71. The van der Waals surface area contributed by atoms with Gasteiger partial charge in [0.25, 0.3) is 0 Å². The molecule has 1 N–H and O–H groups in total. The smallest absolute Gasteiger partial charge is 0.136 e. The summed E-state index contributed by atoms with van der Waals surface area (Å²) in [4.78, 5) is 0. The second-order valence-corrected chi connectivity index (χ2v) is 5.21. The van der Waals surface area contributed by atoms with Crippen LogP contribution < -0.4 is 5.32 Å². The summed E-state index contributed by atoms with van der Waals surface area (Å²) in [7, 11) is 0. The van der Waals surface area contributed by atoms with Crippen molar-refractivity contribution in [3.8, 4) is 11.1 Å². The molecule has 1 saturated carbocycles. The number of rotatable bonds is 4. The van der Waals surface area contributed by atoms with E-state index in [4.69, 9.17) is 0 Å². The summed E-state index contributed by atoms with van der Waals surface area (Å²) < 4.78 is 54.2. The first-order chi connectivity index (χ1) is 10.0. The van der Waals surface area contributed by atoms with Crippen LogP contribution in [0.25, 0.3) is 11.1 Å². The summed E-state index contributed by atoms with van der Waals surface area (Å²) in [6, 6.07) is 5.60. The van der Waals surface area contributed by atoms with Crippen LogP contribution in [0.2, 0.25) is 0 Å². The highest BCUT2D eigenvalue weighted by molar-refractivity contribution is 5.65. The maximum atomic E-state index is 14.0. The Morgan fingerprint density at radius 3 is 2.14 bits per heavy atom. The highest BCUT2D eigenvalue weighted by Gasteiger charge is 2.21. The summed E-state index contributed by atoms with van der Waals surface area (Å²) in [6.07, 6.45) is 2.18. The van der Waals surface area contributed by atoms with Crippen molar-refractivity contribution in [3.05, 3.63) is 59.2 Å². The van der Waals surface area contributed by atoms with E-state index in [-0.39, 0.29) is 5.56 Å². The van der Waals surface area contributed by atoms with Crippen molar-refractivity contribution < 1.29 is 17.6 Å². The second-order valence-electron chi connectivity index (χ2n) is 5.21. The van der Waals surface area contributed by atoms with Gasteiger partial charge in [-0.25, -0.2) is 17.6 Å². The minimum absolute atomic E-state index is 0.0534. The molecule has 0 radical (unpaired) electrons. The van der Waals surface area contributed by atoms with Gasteiger partial charge in [-0.1, -0.05) is 12.1 Å². The van der Waals surface area contributed by atoms with Crippen LogP contribution in [0, 0.1) is 23.3 Å². The van der Waals surface area contributed by atoms with E-state index in [9.17, 15) is 17.6 Å². The van der Waals surface area contributed by atoms with E-state index in [1.807, 2.05) is 0 Å². The fraction of sp³-hybridized carbons (Fsp3) is 0.250. The van der Waals surface area contributed by atoms with Gasteiger partial charge in [-0.15, -0.1) is 0 Å². The minimum Gasteiger partial charge on any atom is -0.310 e. The molecule has 1 nitrogen and oxygen atoms in total. The van der Waals surface area contributed by atoms with Gasteiger partial charge >= 0.3 is 0 Å². The van der Waals surface area contributed by atoms with Crippen LogP contribution in [0.15, 0.2) is 30.3 Å². The predicted octanol–water partition coefficient (Wildman–Crippen LogP) is 4.16. The molecule has 1 aliphatic carbocycles. The SMILES string of the molecule is Fc1cc(F)c(-c2ccc(CNC3CC3)c(F)c2)c(F)c1. The molecule has 0 bridgehead atoms. The Bertz CT molecular complexity index is 657. The molecule has 0 aromatic heterocycles. The molecule has 0 saturated heterocycles. The number of hydrogen-bond acceptors (Lipinski definition) is 1. The number of halogens is 4. The van der Waals surface area contributed by atoms with E-state index in [1.54, 1.807) is 0 Å². The largest absolute Gasteiger partial charge is 0.310 e. The number of benzene rings is 2. The van der Waals surface area contributed by atoms with Crippen molar-refractivity contribution in [2.75, 3.05) is 0 Å². The quantitative estimate of drug-likeness (QED) is 0.835. The van der Waals surface area contributed by atoms with Crippen LogP contribution in [-0.4, -0.2) is 6.04 Å². The predicted molar refractivity (Wildman–Crippen MR) is 71.6 cm³/mol. The van der Waals surface area contributed by atoms with Gasteiger partial charge in [0.15, 0.2) is 0 Å². The van der Waals surface area contributed by atoms with E-state index < -0.39 is 28.8 Å². The zero-order chi connectivity index (χ0) is 15.0. The molecular formula is C16H13F4N. The summed E-state index contributed by atoms with van der Waals surface area (Å²) in [5, 5.41) is 3.17. The van der Waals surface area contributed by atoms with Gasteiger partial charge in [0, 0.05) is 30.3 Å². The molecule has 110 valence electrons. The van der Waals surface area contributed by atoms with Gasteiger partial charge in [0.05, 0.1) is 5.56 Å². The Morgan fingerprint density at radius 1 is 0.905 bits per heavy atom. The molecule has 2 aromatic carbocycles. The van der Waals surface area contributed by atoms with E-state index in [0.29, 0.717) is 30.3 Å². The Hall–Kier alpha value is -1.88. The highest BCUT2D eigenvalue weighted by Crippen LogP contribution is 2.28. The maximum Gasteiger partial charge on any atom is 0.136 e. The third-order valence-electron chi connectivity index (χ3n) is 3.51. The van der Waals surface area contributed by atoms with E-state index in [1.165, 1.54) is 12.1 Å². The van der Waals surface area contributed by atoms with E-state index in [0.717, 1.165) is 18.9 Å². The Balaban J connectivity index is 1.90.